The maximum Gasteiger partial charge on any atom is -0.00156 e. The Morgan fingerprint density at radius 3 is 2.44 bits per heavy atom. The largest absolute Gasteiger partial charge is 0.316 e. The lowest BCUT2D eigenvalue weighted by Crippen LogP contribution is -2.38. The van der Waals surface area contributed by atoms with E-state index in [-0.39, 0.29) is 0 Å². The molecule has 16 heavy (non-hydrogen) atoms. The molecule has 94 valence electrons. The molecule has 2 nitrogen and oxygen atoms in total. The van der Waals surface area contributed by atoms with E-state index in [0.717, 1.165) is 11.8 Å². The van der Waals surface area contributed by atoms with E-state index in [9.17, 15) is 0 Å². The lowest BCUT2D eigenvalue weighted by Gasteiger charge is -2.32. The molecule has 0 amide bonds. The summed E-state index contributed by atoms with van der Waals surface area (Å²) in [5, 5.41) is 3.56. The smallest absolute Gasteiger partial charge is 0.00156 e. The van der Waals surface area contributed by atoms with Gasteiger partial charge in [-0.2, -0.15) is 0 Å². The first-order valence-electron chi connectivity index (χ1n) is 7.31. The van der Waals surface area contributed by atoms with E-state index in [4.69, 9.17) is 0 Å². The van der Waals surface area contributed by atoms with Crippen LogP contribution < -0.4 is 5.32 Å². The molecule has 2 rings (SSSR count). The Hall–Kier alpha value is -0.0800. The Balaban J connectivity index is 1.51. The number of hydrogen-bond donors (Lipinski definition) is 1. The molecule has 1 aliphatic heterocycles. The fourth-order valence-electron chi connectivity index (χ4n) is 2.67. The summed E-state index contributed by atoms with van der Waals surface area (Å²) in [6.07, 6.45) is 8.59. The molecule has 0 unspecified atom stereocenters. The van der Waals surface area contributed by atoms with Crippen LogP contribution in [0, 0.1) is 11.8 Å². The van der Waals surface area contributed by atoms with E-state index in [1.807, 2.05) is 0 Å². The van der Waals surface area contributed by atoms with Crippen LogP contribution >= 0.6 is 0 Å². The van der Waals surface area contributed by atoms with Crippen molar-refractivity contribution in [2.24, 2.45) is 11.8 Å². The normalized spacial score (nSPS) is 23.8. The molecule has 1 saturated carbocycles. The van der Waals surface area contributed by atoms with Crippen LogP contribution in [0.1, 0.15) is 45.4 Å². The molecule has 0 radical (unpaired) electrons. The molecule has 2 fully saturated rings. The van der Waals surface area contributed by atoms with Crippen LogP contribution in [0.5, 0.6) is 0 Å². The van der Waals surface area contributed by atoms with Gasteiger partial charge in [0.1, 0.15) is 0 Å². The van der Waals surface area contributed by atoms with Gasteiger partial charge in [-0.1, -0.05) is 19.8 Å². The fourth-order valence-corrected chi connectivity index (χ4v) is 2.67. The average Bonchev–Trinajstić information content (AvgIpc) is 3.12. The molecular weight excluding hydrogens is 196 g/mol. The second-order valence-corrected chi connectivity index (χ2v) is 5.72. The number of hydrogen-bond acceptors (Lipinski definition) is 2. The third-order valence-corrected chi connectivity index (χ3v) is 4.12. The van der Waals surface area contributed by atoms with Gasteiger partial charge in [0.25, 0.3) is 0 Å². The Kier molecular flexibility index (Phi) is 5.11. The van der Waals surface area contributed by atoms with Crippen LogP contribution in [0.3, 0.4) is 0 Å². The molecule has 1 heterocycles. The Morgan fingerprint density at radius 2 is 1.81 bits per heavy atom. The summed E-state index contributed by atoms with van der Waals surface area (Å²) in [4.78, 5) is 2.69. The molecule has 1 N–H and O–H groups in total. The number of nitrogens with one attached hydrogen (secondary N) is 1. The second-order valence-electron chi connectivity index (χ2n) is 5.72. The van der Waals surface area contributed by atoms with Crippen molar-refractivity contribution in [3.8, 4) is 0 Å². The number of piperidine rings is 1. The van der Waals surface area contributed by atoms with Crippen molar-refractivity contribution in [3.63, 3.8) is 0 Å². The predicted octanol–water partition coefficient (Wildman–Crippen LogP) is 2.50. The number of likely N-dealkylation sites (tertiary alicyclic amines) is 1. The topological polar surface area (TPSA) is 15.3 Å². The highest BCUT2D eigenvalue weighted by Crippen LogP contribution is 2.32. The highest BCUT2D eigenvalue weighted by atomic mass is 15.1. The van der Waals surface area contributed by atoms with E-state index < -0.39 is 0 Å². The molecule has 0 atom stereocenters. The monoisotopic (exact) mass is 224 g/mol. The zero-order valence-electron chi connectivity index (χ0n) is 10.9. The molecule has 1 saturated heterocycles. The summed E-state index contributed by atoms with van der Waals surface area (Å²) in [7, 11) is 0. The highest BCUT2D eigenvalue weighted by Gasteiger charge is 2.23. The minimum Gasteiger partial charge on any atom is -0.316 e. The number of rotatable bonds is 7. The molecule has 1 aliphatic carbocycles. The molecule has 0 aromatic rings. The van der Waals surface area contributed by atoms with E-state index in [1.165, 1.54) is 71.2 Å². The summed E-state index contributed by atoms with van der Waals surface area (Å²) in [6, 6.07) is 0. The number of nitrogens with zero attached hydrogens (tertiary/aromatic N) is 1. The van der Waals surface area contributed by atoms with Gasteiger partial charge in [0, 0.05) is 0 Å². The first-order valence-corrected chi connectivity index (χ1v) is 7.31. The molecule has 2 heteroatoms. The summed E-state index contributed by atoms with van der Waals surface area (Å²) < 4.78 is 0. The summed E-state index contributed by atoms with van der Waals surface area (Å²) in [5.74, 6) is 2.05. The van der Waals surface area contributed by atoms with Crippen LogP contribution in [0.2, 0.25) is 0 Å². The molecule has 0 aromatic heterocycles. The maximum atomic E-state index is 3.56. The lowest BCUT2D eigenvalue weighted by molar-refractivity contribution is 0.178. The third-order valence-electron chi connectivity index (χ3n) is 4.12. The average molecular weight is 224 g/mol. The SMILES string of the molecule is CCCNCC1CCN(CCC2CC2)CC1. The Morgan fingerprint density at radius 1 is 1.06 bits per heavy atom. The zero-order chi connectivity index (χ0) is 11.2. The third kappa shape index (κ3) is 4.42. The van der Waals surface area contributed by atoms with Gasteiger partial charge in [0.2, 0.25) is 0 Å². The van der Waals surface area contributed by atoms with E-state index in [0.29, 0.717) is 0 Å². The summed E-state index contributed by atoms with van der Waals surface area (Å²) in [5.41, 5.74) is 0. The van der Waals surface area contributed by atoms with Crippen molar-refractivity contribution in [1.82, 2.24) is 10.2 Å². The van der Waals surface area contributed by atoms with Gasteiger partial charge in [-0.25, -0.2) is 0 Å². The van der Waals surface area contributed by atoms with Crippen molar-refractivity contribution < 1.29 is 0 Å². The molecular formula is C14H28N2. The van der Waals surface area contributed by atoms with Gasteiger partial charge in [-0.15, -0.1) is 0 Å². The van der Waals surface area contributed by atoms with Crippen molar-refractivity contribution >= 4 is 0 Å². The zero-order valence-corrected chi connectivity index (χ0v) is 10.9. The highest BCUT2D eigenvalue weighted by molar-refractivity contribution is 4.78. The van der Waals surface area contributed by atoms with Gasteiger partial charge < -0.3 is 10.2 Å². The second kappa shape index (κ2) is 6.61. The first kappa shape index (κ1) is 12.4. The van der Waals surface area contributed by atoms with E-state index in [2.05, 4.69) is 17.1 Å². The maximum absolute atomic E-state index is 3.56. The van der Waals surface area contributed by atoms with Crippen LogP contribution in [0.4, 0.5) is 0 Å². The minimum atomic E-state index is 0.948. The van der Waals surface area contributed by atoms with E-state index in [1.54, 1.807) is 0 Å². The molecule has 0 bridgehead atoms. The fraction of sp³-hybridized carbons (Fsp3) is 1.00. The molecule has 2 aliphatic rings. The Bertz CT molecular complexity index is 181. The van der Waals surface area contributed by atoms with Crippen LogP contribution in [0.15, 0.2) is 0 Å². The lowest BCUT2D eigenvalue weighted by atomic mass is 9.96. The van der Waals surface area contributed by atoms with Gasteiger partial charge in [0.05, 0.1) is 0 Å². The van der Waals surface area contributed by atoms with Gasteiger partial charge in [0.15, 0.2) is 0 Å². The van der Waals surface area contributed by atoms with E-state index >= 15 is 0 Å². The Labute approximate surface area is 101 Å². The van der Waals surface area contributed by atoms with Crippen LogP contribution in [-0.2, 0) is 0 Å². The van der Waals surface area contributed by atoms with Crippen molar-refractivity contribution in [2.45, 2.75) is 45.4 Å². The van der Waals surface area contributed by atoms with Crippen LogP contribution in [0.25, 0.3) is 0 Å². The minimum absolute atomic E-state index is 0.948. The van der Waals surface area contributed by atoms with Crippen LogP contribution in [-0.4, -0.2) is 37.6 Å². The summed E-state index contributed by atoms with van der Waals surface area (Å²) >= 11 is 0. The van der Waals surface area contributed by atoms with Gasteiger partial charge in [-0.05, 0) is 70.2 Å². The summed E-state index contributed by atoms with van der Waals surface area (Å²) in [6.45, 7) is 8.77. The molecule has 0 spiro atoms. The van der Waals surface area contributed by atoms with Gasteiger partial charge in [-0.3, -0.25) is 0 Å². The quantitative estimate of drug-likeness (QED) is 0.668. The first-order chi connectivity index (χ1) is 7.88. The van der Waals surface area contributed by atoms with Crippen molar-refractivity contribution in [3.05, 3.63) is 0 Å². The van der Waals surface area contributed by atoms with Gasteiger partial charge >= 0.3 is 0 Å². The molecule has 0 aromatic carbocycles. The predicted molar refractivity (Wildman–Crippen MR) is 69.7 cm³/mol. The van der Waals surface area contributed by atoms with Crippen molar-refractivity contribution in [1.29, 1.82) is 0 Å². The van der Waals surface area contributed by atoms with Crippen molar-refractivity contribution in [2.75, 3.05) is 32.7 Å². The standard InChI is InChI=1S/C14H28N2/c1-2-8-15-12-14-6-10-16(11-7-14)9-5-13-3-4-13/h13-15H,2-12H2,1H3.